The van der Waals surface area contributed by atoms with E-state index in [0.29, 0.717) is 0 Å². The quantitative estimate of drug-likeness (QED) is 0.178. The fourth-order valence-corrected chi connectivity index (χ4v) is 5.31. The maximum Gasteiger partial charge on any atom is 2.00 e. The average Bonchev–Trinajstić information content (AvgIpc) is 2.95. The molecule has 6 aromatic rings. The molecule has 4 nitrogen and oxygen atoms in total. The van der Waals surface area contributed by atoms with E-state index < -0.39 is 0 Å². The number of hydrogen-bond acceptors (Lipinski definition) is 4. The van der Waals surface area contributed by atoms with E-state index in [1.807, 2.05) is 97.1 Å². The van der Waals surface area contributed by atoms with Gasteiger partial charge in [-0.05, 0) is 22.9 Å². The van der Waals surface area contributed by atoms with Crippen molar-refractivity contribution in [2.45, 2.75) is 0 Å². The van der Waals surface area contributed by atoms with Crippen molar-refractivity contribution in [2.24, 2.45) is 0 Å². The summed E-state index contributed by atoms with van der Waals surface area (Å²) in [5, 5.41) is 4.09. The van der Waals surface area contributed by atoms with E-state index in [-0.39, 0.29) is 32.6 Å². The molecule has 8 rings (SSSR count). The van der Waals surface area contributed by atoms with Crippen LogP contribution < -0.4 is 0 Å². The Hall–Kier alpha value is -4.27. The molecule has 5 heteroatoms. The van der Waals surface area contributed by atoms with Gasteiger partial charge in [0, 0.05) is 56.5 Å². The Labute approximate surface area is 227 Å². The molecule has 2 aromatic heterocycles. The smallest absolute Gasteiger partial charge is 0.289 e. The Morgan fingerprint density at radius 3 is 1.22 bits per heavy atom. The zero-order chi connectivity index (χ0) is 24.2. The number of hydrogen-bond donors (Lipinski definition) is 0. The van der Waals surface area contributed by atoms with Crippen LogP contribution in [-0.4, -0.2) is 21.5 Å². The third kappa shape index (κ3) is 3.48. The van der Waals surface area contributed by atoms with Gasteiger partial charge in [-0.3, -0.25) is 19.6 Å². The molecular formula is C32H18N2O2Pt+2. The molecule has 4 aromatic carbocycles. The molecule has 0 N–H and O–H groups in total. The summed E-state index contributed by atoms with van der Waals surface area (Å²) in [6.07, 6.45) is 3.60. The molecule has 0 atom stereocenters. The Morgan fingerprint density at radius 2 is 0.784 bits per heavy atom. The monoisotopic (exact) mass is 657 g/mol. The van der Waals surface area contributed by atoms with Crippen molar-refractivity contribution in [2.75, 3.05) is 0 Å². The average molecular weight is 658 g/mol. The molecule has 0 bridgehead atoms. The first-order valence-electron chi connectivity index (χ1n) is 11.8. The van der Waals surface area contributed by atoms with E-state index in [2.05, 4.69) is 9.97 Å². The van der Waals surface area contributed by atoms with Crippen molar-refractivity contribution < 1.29 is 30.7 Å². The van der Waals surface area contributed by atoms with Gasteiger partial charge in [-0.1, -0.05) is 84.9 Å². The van der Waals surface area contributed by atoms with Crippen molar-refractivity contribution in [3.05, 3.63) is 132 Å². The van der Waals surface area contributed by atoms with Crippen LogP contribution in [0.25, 0.3) is 44.1 Å². The molecule has 2 aliphatic rings. The molecule has 0 spiro atoms. The van der Waals surface area contributed by atoms with Gasteiger partial charge in [0.15, 0.2) is 11.6 Å². The summed E-state index contributed by atoms with van der Waals surface area (Å²) in [6.45, 7) is 0. The molecule has 2 heterocycles. The molecule has 0 unspecified atom stereocenters. The molecule has 176 valence electrons. The number of benzene rings is 4. The van der Waals surface area contributed by atoms with Gasteiger partial charge in [-0.2, -0.15) is 0 Å². The Kier molecular flexibility index (Phi) is 5.62. The second kappa shape index (κ2) is 8.99. The molecule has 0 aliphatic heterocycles. The molecule has 2 aliphatic carbocycles. The predicted octanol–water partition coefficient (Wildman–Crippen LogP) is 6.89. The number of ketones is 2. The number of pyridine rings is 2. The van der Waals surface area contributed by atoms with Gasteiger partial charge in [0.2, 0.25) is 0 Å². The topological polar surface area (TPSA) is 59.9 Å². The van der Waals surface area contributed by atoms with Crippen molar-refractivity contribution in [3.8, 4) is 22.5 Å². The Balaban J connectivity index is 0.000000133. The first-order valence-corrected chi connectivity index (χ1v) is 11.8. The largest absolute Gasteiger partial charge is 2.00 e. The van der Waals surface area contributed by atoms with Gasteiger partial charge in [-0.25, -0.2) is 0 Å². The van der Waals surface area contributed by atoms with Crippen LogP contribution in [0.3, 0.4) is 0 Å². The Bertz CT molecular complexity index is 1740. The van der Waals surface area contributed by atoms with Gasteiger partial charge in [0.05, 0.1) is 11.4 Å². The minimum absolute atomic E-state index is 0. The predicted molar refractivity (Wildman–Crippen MR) is 141 cm³/mol. The summed E-state index contributed by atoms with van der Waals surface area (Å²) in [6, 6.07) is 30.9. The first kappa shape index (κ1) is 23.1. The second-order valence-corrected chi connectivity index (χ2v) is 8.88. The number of rotatable bonds is 0. The van der Waals surface area contributed by atoms with Crippen molar-refractivity contribution >= 4 is 33.1 Å². The third-order valence-electron chi connectivity index (χ3n) is 6.93. The van der Waals surface area contributed by atoms with Crippen LogP contribution in [-0.2, 0) is 21.1 Å². The van der Waals surface area contributed by atoms with Gasteiger partial charge in [-0.15, -0.1) is 0 Å². The summed E-state index contributed by atoms with van der Waals surface area (Å²) in [5.41, 5.74) is 6.71. The maximum atomic E-state index is 12.5. The van der Waals surface area contributed by atoms with E-state index >= 15 is 0 Å². The summed E-state index contributed by atoms with van der Waals surface area (Å²) >= 11 is 0. The standard InChI is InChI=1S/2C16H9NO.Pt/c2*18-16-12-6-2-1-5-11(12)15-14-10(8-9-17-15)4-3-7-13(14)16;/h2*1-9H;/q;;+2. The van der Waals surface area contributed by atoms with E-state index in [1.54, 1.807) is 12.4 Å². The van der Waals surface area contributed by atoms with E-state index in [4.69, 9.17) is 0 Å². The zero-order valence-electron chi connectivity index (χ0n) is 19.4. The molecular weight excluding hydrogens is 639 g/mol. The summed E-state index contributed by atoms with van der Waals surface area (Å²) < 4.78 is 0. The zero-order valence-corrected chi connectivity index (χ0v) is 21.7. The summed E-state index contributed by atoms with van der Waals surface area (Å²) in [5.74, 6) is 0.188. The third-order valence-corrected chi connectivity index (χ3v) is 6.93. The van der Waals surface area contributed by atoms with Gasteiger partial charge in [0.25, 0.3) is 0 Å². The van der Waals surface area contributed by atoms with Crippen LogP contribution in [0.15, 0.2) is 109 Å². The Morgan fingerprint density at radius 1 is 0.405 bits per heavy atom. The van der Waals surface area contributed by atoms with Gasteiger partial charge < -0.3 is 0 Å². The number of fused-ring (bicyclic) bond motifs is 4. The molecule has 37 heavy (non-hydrogen) atoms. The number of aromatic nitrogens is 2. The van der Waals surface area contributed by atoms with Crippen LogP contribution in [0.1, 0.15) is 31.8 Å². The normalized spacial score (nSPS) is 12.2. The minimum Gasteiger partial charge on any atom is -0.289 e. The minimum atomic E-state index is 0. The molecule has 0 saturated carbocycles. The molecule has 0 fully saturated rings. The number of carbonyl (C=O) groups excluding carboxylic acids is 2. The summed E-state index contributed by atoms with van der Waals surface area (Å²) in [7, 11) is 0. The van der Waals surface area contributed by atoms with E-state index in [1.165, 1.54) is 0 Å². The molecule has 0 radical (unpaired) electrons. The molecule has 0 saturated heterocycles. The SMILES string of the molecule is O=C1c2ccccc2-c2nccc3cccc1c23.O=C1c2ccccc2-c2nccc3cccc1c23.[Pt+2]. The van der Waals surface area contributed by atoms with Gasteiger partial charge in [0.1, 0.15) is 0 Å². The van der Waals surface area contributed by atoms with Crippen LogP contribution >= 0.6 is 0 Å². The first-order chi connectivity index (χ1) is 17.7. The van der Waals surface area contributed by atoms with Crippen LogP contribution in [0.2, 0.25) is 0 Å². The van der Waals surface area contributed by atoms with Gasteiger partial charge >= 0.3 is 21.1 Å². The van der Waals surface area contributed by atoms with Crippen molar-refractivity contribution in [1.82, 2.24) is 9.97 Å². The van der Waals surface area contributed by atoms with Crippen molar-refractivity contribution in [1.29, 1.82) is 0 Å². The van der Waals surface area contributed by atoms with Crippen LogP contribution in [0.4, 0.5) is 0 Å². The number of nitrogens with zero attached hydrogens (tertiary/aromatic N) is 2. The van der Waals surface area contributed by atoms with E-state index in [9.17, 15) is 9.59 Å². The fourth-order valence-electron chi connectivity index (χ4n) is 5.31. The van der Waals surface area contributed by atoms with E-state index in [0.717, 1.165) is 66.3 Å². The fraction of sp³-hybridized carbons (Fsp3) is 0. The second-order valence-electron chi connectivity index (χ2n) is 8.88. The molecule has 0 amide bonds. The number of carbonyl (C=O) groups is 2. The maximum absolute atomic E-state index is 12.5. The summed E-state index contributed by atoms with van der Waals surface area (Å²) in [4.78, 5) is 33.9. The van der Waals surface area contributed by atoms with Crippen LogP contribution in [0.5, 0.6) is 0 Å². The van der Waals surface area contributed by atoms with Crippen LogP contribution in [0, 0.1) is 0 Å². The van der Waals surface area contributed by atoms with Crippen molar-refractivity contribution in [3.63, 3.8) is 0 Å².